The van der Waals surface area contributed by atoms with E-state index in [1.807, 2.05) is 4.90 Å². The molecule has 0 spiro atoms. The number of nitrogens with zero attached hydrogens (tertiary/aromatic N) is 1. The average Bonchev–Trinajstić information content (AvgIpc) is 2.31. The highest BCUT2D eigenvalue weighted by Gasteiger charge is 2.08. The van der Waals surface area contributed by atoms with E-state index in [4.69, 9.17) is 10.2 Å². The second-order valence-electron chi connectivity index (χ2n) is 3.85. The third-order valence-corrected chi connectivity index (χ3v) is 3.25. The SMILES string of the molecule is OCCCN(CCO)Cc1cc(O)ccc1Br. The van der Waals surface area contributed by atoms with Gasteiger partial charge in [-0.1, -0.05) is 15.9 Å². The number of benzene rings is 1. The maximum Gasteiger partial charge on any atom is 0.115 e. The molecule has 1 rings (SSSR count). The summed E-state index contributed by atoms with van der Waals surface area (Å²) in [6.45, 7) is 2.14. The summed E-state index contributed by atoms with van der Waals surface area (Å²) in [5, 5.41) is 27.2. The first-order valence-corrected chi connectivity index (χ1v) is 6.38. The minimum Gasteiger partial charge on any atom is -0.508 e. The summed E-state index contributed by atoms with van der Waals surface area (Å²) in [5.41, 5.74) is 0.969. The maximum atomic E-state index is 9.43. The van der Waals surface area contributed by atoms with Gasteiger partial charge in [-0.3, -0.25) is 4.90 Å². The van der Waals surface area contributed by atoms with Gasteiger partial charge in [-0.15, -0.1) is 0 Å². The smallest absolute Gasteiger partial charge is 0.115 e. The van der Waals surface area contributed by atoms with E-state index >= 15 is 0 Å². The van der Waals surface area contributed by atoms with Gasteiger partial charge in [-0.05, 0) is 30.2 Å². The zero-order valence-electron chi connectivity index (χ0n) is 9.64. The van der Waals surface area contributed by atoms with Crippen LogP contribution in [0.5, 0.6) is 5.75 Å². The normalized spacial score (nSPS) is 11.1. The predicted octanol–water partition coefficient (Wildman–Crippen LogP) is 1.33. The Hall–Kier alpha value is -0.620. The lowest BCUT2D eigenvalue weighted by Gasteiger charge is -2.21. The number of phenolic OH excluding ortho intramolecular Hbond substituents is 1. The van der Waals surface area contributed by atoms with Gasteiger partial charge in [0, 0.05) is 30.7 Å². The summed E-state index contributed by atoms with van der Waals surface area (Å²) in [7, 11) is 0. The Bertz CT molecular complexity index is 347. The van der Waals surface area contributed by atoms with Crippen molar-refractivity contribution in [2.75, 3.05) is 26.3 Å². The number of hydrogen-bond donors (Lipinski definition) is 3. The summed E-state index contributed by atoms with van der Waals surface area (Å²) in [6.07, 6.45) is 0.677. The van der Waals surface area contributed by atoms with Crippen molar-refractivity contribution in [1.29, 1.82) is 0 Å². The quantitative estimate of drug-likeness (QED) is 0.711. The van der Waals surface area contributed by atoms with Gasteiger partial charge in [0.15, 0.2) is 0 Å². The van der Waals surface area contributed by atoms with E-state index in [9.17, 15) is 5.11 Å². The number of phenols is 1. The van der Waals surface area contributed by atoms with Crippen LogP contribution in [0.1, 0.15) is 12.0 Å². The summed E-state index contributed by atoms with van der Waals surface area (Å²) in [5.74, 6) is 0.231. The van der Waals surface area contributed by atoms with Crippen LogP contribution in [0.2, 0.25) is 0 Å². The molecule has 0 atom stereocenters. The zero-order valence-corrected chi connectivity index (χ0v) is 11.2. The largest absolute Gasteiger partial charge is 0.508 e. The average molecular weight is 304 g/mol. The Balaban J connectivity index is 2.67. The Kier molecular flexibility index (Phi) is 6.50. The molecule has 17 heavy (non-hydrogen) atoms. The molecule has 0 aromatic heterocycles. The Morgan fingerprint density at radius 2 is 1.88 bits per heavy atom. The lowest BCUT2D eigenvalue weighted by molar-refractivity contribution is 0.174. The van der Waals surface area contributed by atoms with Crippen LogP contribution in [0.3, 0.4) is 0 Å². The van der Waals surface area contributed by atoms with Crippen molar-refractivity contribution in [3.8, 4) is 5.75 Å². The molecule has 1 aromatic rings. The van der Waals surface area contributed by atoms with Gasteiger partial charge in [0.25, 0.3) is 0 Å². The van der Waals surface area contributed by atoms with Crippen LogP contribution in [-0.2, 0) is 6.54 Å². The fourth-order valence-corrected chi connectivity index (χ4v) is 2.00. The van der Waals surface area contributed by atoms with E-state index in [-0.39, 0.29) is 19.0 Å². The first kappa shape index (κ1) is 14.4. The highest BCUT2D eigenvalue weighted by molar-refractivity contribution is 9.10. The zero-order chi connectivity index (χ0) is 12.7. The van der Waals surface area contributed by atoms with Crippen molar-refractivity contribution in [3.05, 3.63) is 28.2 Å². The van der Waals surface area contributed by atoms with Crippen molar-refractivity contribution in [3.63, 3.8) is 0 Å². The van der Waals surface area contributed by atoms with Gasteiger partial charge in [0.1, 0.15) is 5.75 Å². The molecule has 0 fully saturated rings. The van der Waals surface area contributed by atoms with Gasteiger partial charge >= 0.3 is 0 Å². The molecule has 0 amide bonds. The summed E-state index contributed by atoms with van der Waals surface area (Å²) in [4.78, 5) is 2.04. The number of aliphatic hydroxyl groups excluding tert-OH is 2. The van der Waals surface area contributed by atoms with E-state index in [0.717, 1.165) is 16.6 Å². The van der Waals surface area contributed by atoms with Crippen LogP contribution in [0.15, 0.2) is 22.7 Å². The Morgan fingerprint density at radius 1 is 1.12 bits per heavy atom. The number of aromatic hydroxyl groups is 1. The number of aliphatic hydroxyl groups is 2. The van der Waals surface area contributed by atoms with E-state index in [1.165, 1.54) is 0 Å². The van der Waals surface area contributed by atoms with Crippen LogP contribution in [0.25, 0.3) is 0 Å². The second-order valence-corrected chi connectivity index (χ2v) is 4.71. The second kappa shape index (κ2) is 7.66. The fourth-order valence-electron chi connectivity index (χ4n) is 1.63. The molecular formula is C12H18BrNO3. The fraction of sp³-hybridized carbons (Fsp3) is 0.500. The molecule has 0 aliphatic carbocycles. The van der Waals surface area contributed by atoms with Crippen molar-refractivity contribution in [2.24, 2.45) is 0 Å². The molecule has 0 aliphatic rings. The van der Waals surface area contributed by atoms with Crippen molar-refractivity contribution < 1.29 is 15.3 Å². The minimum absolute atomic E-state index is 0.0852. The summed E-state index contributed by atoms with van der Waals surface area (Å²) in [6, 6.07) is 5.12. The number of hydrogen-bond acceptors (Lipinski definition) is 4. The highest BCUT2D eigenvalue weighted by atomic mass is 79.9. The van der Waals surface area contributed by atoms with Crippen molar-refractivity contribution >= 4 is 15.9 Å². The highest BCUT2D eigenvalue weighted by Crippen LogP contribution is 2.23. The van der Waals surface area contributed by atoms with Gasteiger partial charge < -0.3 is 15.3 Å². The maximum absolute atomic E-state index is 9.43. The van der Waals surface area contributed by atoms with Crippen LogP contribution < -0.4 is 0 Å². The van der Waals surface area contributed by atoms with E-state index in [1.54, 1.807) is 18.2 Å². The first-order chi connectivity index (χ1) is 8.17. The molecule has 96 valence electrons. The minimum atomic E-state index is 0.0852. The van der Waals surface area contributed by atoms with Gasteiger partial charge in [-0.25, -0.2) is 0 Å². The molecule has 3 N–H and O–H groups in total. The van der Waals surface area contributed by atoms with E-state index in [2.05, 4.69) is 15.9 Å². The number of halogens is 1. The Morgan fingerprint density at radius 3 is 2.53 bits per heavy atom. The Labute approximate surface area is 110 Å². The van der Waals surface area contributed by atoms with Gasteiger partial charge in [-0.2, -0.15) is 0 Å². The lowest BCUT2D eigenvalue weighted by atomic mass is 10.2. The molecule has 0 bridgehead atoms. The first-order valence-electron chi connectivity index (χ1n) is 5.59. The molecule has 5 heteroatoms. The molecule has 0 unspecified atom stereocenters. The van der Waals surface area contributed by atoms with Crippen molar-refractivity contribution in [2.45, 2.75) is 13.0 Å². The van der Waals surface area contributed by atoms with Crippen LogP contribution in [-0.4, -0.2) is 46.5 Å². The summed E-state index contributed by atoms with van der Waals surface area (Å²) < 4.78 is 0.933. The van der Waals surface area contributed by atoms with Gasteiger partial charge in [0.05, 0.1) is 6.61 Å². The topological polar surface area (TPSA) is 63.9 Å². The third-order valence-electron chi connectivity index (χ3n) is 2.47. The predicted molar refractivity (Wildman–Crippen MR) is 69.9 cm³/mol. The summed E-state index contributed by atoms with van der Waals surface area (Å²) >= 11 is 3.43. The lowest BCUT2D eigenvalue weighted by Crippen LogP contribution is -2.28. The van der Waals surface area contributed by atoms with E-state index < -0.39 is 0 Å². The van der Waals surface area contributed by atoms with Crippen LogP contribution in [0.4, 0.5) is 0 Å². The standard InChI is InChI=1S/C12H18BrNO3/c13-12-3-2-11(17)8-10(12)9-14(5-7-16)4-1-6-15/h2-3,8,15-17H,1,4-7,9H2. The van der Waals surface area contributed by atoms with Crippen molar-refractivity contribution in [1.82, 2.24) is 4.90 Å². The molecule has 0 heterocycles. The molecular weight excluding hydrogens is 286 g/mol. The van der Waals surface area contributed by atoms with Crippen LogP contribution in [0, 0.1) is 0 Å². The molecule has 0 saturated heterocycles. The monoisotopic (exact) mass is 303 g/mol. The van der Waals surface area contributed by atoms with Gasteiger partial charge in [0.2, 0.25) is 0 Å². The molecule has 0 aliphatic heterocycles. The third kappa shape index (κ3) is 5.04. The van der Waals surface area contributed by atoms with Crippen LogP contribution >= 0.6 is 15.9 Å². The molecule has 0 radical (unpaired) electrons. The van der Waals surface area contributed by atoms with E-state index in [0.29, 0.717) is 19.5 Å². The molecule has 1 aromatic carbocycles. The molecule has 4 nitrogen and oxygen atoms in total. The molecule has 0 saturated carbocycles. The number of rotatable bonds is 7.